The highest BCUT2D eigenvalue weighted by atomic mass is 19.1. The molecule has 0 spiro atoms. The largest absolute Gasteiger partial charge is 0.378 e. The van der Waals surface area contributed by atoms with E-state index in [1.54, 1.807) is 6.92 Å². The first-order valence-electron chi connectivity index (χ1n) is 7.33. The molecule has 4 heteroatoms. The summed E-state index contributed by atoms with van der Waals surface area (Å²) in [6.07, 6.45) is 2.01. The Hall–Kier alpha value is -1.00. The van der Waals surface area contributed by atoms with Crippen LogP contribution >= 0.6 is 0 Å². The van der Waals surface area contributed by atoms with Gasteiger partial charge in [0.25, 0.3) is 0 Å². The molecule has 0 saturated carbocycles. The number of nitrogens with one attached hydrogen (secondary N) is 1. The first-order valence-corrected chi connectivity index (χ1v) is 7.33. The van der Waals surface area contributed by atoms with Crippen LogP contribution in [0, 0.1) is 24.5 Å². The third kappa shape index (κ3) is 3.36. The molecule has 1 aromatic rings. The molecule has 0 radical (unpaired) electrons. The van der Waals surface area contributed by atoms with Gasteiger partial charge in [0.1, 0.15) is 11.6 Å². The third-order valence-corrected chi connectivity index (χ3v) is 3.93. The van der Waals surface area contributed by atoms with E-state index in [1.165, 1.54) is 12.1 Å². The van der Waals surface area contributed by atoms with Crippen molar-refractivity contribution in [2.24, 2.45) is 5.92 Å². The maximum Gasteiger partial charge on any atom is 0.128 e. The van der Waals surface area contributed by atoms with E-state index in [0.717, 1.165) is 19.4 Å². The number of hydrogen-bond acceptors (Lipinski definition) is 2. The lowest BCUT2D eigenvalue weighted by Crippen LogP contribution is -2.30. The van der Waals surface area contributed by atoms with Gasteiger partial charge in [-0.1, -0.05) is 6.92 Å². The Morgan fingerprint density at radius 3 is 2.70 bits per heavy atom. The summed E-state index contributed by atoms with van der Waals surface area (Å²) >= 11 is 0. The van der Waals surface area contributed by atoms with E-state index < -0.39 is 0 Å². The van der Waals surface area contributed by atoms with Crippen LogP contribution in [-0.2, 0) is 4.74 Å². The average molecular weight is 283 g/mol. The highest BCUT2D eigenvalue weighted by Crippen LogP contribution is 2.33. The fraction of sp³-hybridized carbons (Fsp3) is 0.625. The molecule has 1 saturated heterocycles. The van der Waals surface area contributed by atoms with E-state index in [4.69, 9.17) is 4.74 Å². The molecular weight excluding hydrogens is 260 g/mol. The zero-order chi connectivity index (χ0) is 14.7. The summed E-state index contributed by atoms with van der Waals surface area (Å²) in [5, 5.41) is 3.35. The van der Waals surface area contributed by atoms with Gasteiger partial charge in [0.2, 0.25) is 0 Å². The molecule has 0 bridgehead atoms. The molecule has 1 fully saturated rings. The Balaban J connectivity index is 2.28. The highest BCUT2D eigenvalue weighted by Gasteiger charge is 2.32. The Kier molecular flexibility index (Phi) is 5.11. The zero-order valence-electron chi connectivity index (χ0n) is 12.4. The molecule has 0 amide bonds. The SMILES string of the molecule is CCCNC(c1cc(F)c(C)cc1F)C1COC(C)C1. The van der Waals surface area contributed by atoms with Crippen LogP contribution in [0.25, 0.3) is 0 Å². The molecular formula is C16H23F2NO. The quantitative estimate of drug-likeness (QED) is 0.889. The maximum absolute atomic E-state index is 14.2. The average Bonchev–Trinajstić information content (AvgIpc) is 2.82. The van der Waals surface area contributed by atoms with Crippen molar-refractivity contribution >= 4 is 0 Å². The van der Waals surface area contributed by atoms with Crippen LogP contribution in [0.3, 0.4) is 0 Å². The fourth-order valence-electron chi connectivity index (χ4n) is 2.81. The summed E-state index contributed by atoms with van der Waals surface area (Å²) in [4.78, 5) is 0. The molecule has 2 rings (SSSR count). The molecule has 1 heterocycles. The lowest BCUT2D eigenvalue weighted by molar-refractivity contribution is 0.116. The van der Waals surface area contributed by atoms with E-state index in [0.29, 0.717) is 17.7 Å². The van der Waals surface area contributed by atoms with Crippen molar-refractivity contribution in [1.82, 2.24) is 5.32 Å². The summed E-state index contributed by atoms with van der Waals surface area (Å²) in [5.41, 5.74) is 0.765. The van der Waals surface area contributed by atoms with Gasteiger partial charge in [0.05, 0.1) is 12.7 Å². The van der Waals surface area contributed by atoms with Crippen LogP contribution in [0.2, 0.25) is 0 Å². The number of aryl methyl sites for hydroxylation is 1. The summed E-state index contributed by atoms with van der Waals surface area (Å²) in [6.45, 7) is 7.03. The van der Waals surface area contributed by atoms with Gasteiger partial charge in [0.15, 0.2) is 0 Å². The van der Waals surface area contributed by atoms with Crippen molar-refractivity contribution in [3.63, 3.8) is 0 Å². The lowest BCUT2D eigenvalue weighted by atomic mass is 9.90. The van der Waals surface area contributed by atoms with Gasteiger partial charge in [0, 0.05) is 17.5 Å². The fourth-order valence-corrected chi connectivity index (χ4v) is 2.81. The minimum Gasteiger partial charge on any atom is -0.378 e. The van der Waals surface area contributed by atoms with Crippen LogP contribution in [0.5, 0.6) is 0 Å². The highest BCUT2D eigenvalue weighted by molar-refractivity contribution is 5.28. The number of halogens is 2. The molecule has 2 nitrogen and oxygen atoms in total. The van der Waals surface area contributed by atoms with Crippen molar-refractivity contribution in [3.8, 4) is 0 Å². The third-order valence-electron chi connectivity index (χ3n) is 3.93. The number of rotatable bonds is 5. The summed E-state index contributed by atoms with van der Waals surface area (Å²) in [7, 11) is 0. The van der Waals surface area contributed by atoms with Crippen LogP contribution in [-0.4, -0.2) is 19.3 Å². The summed E-state index contributed by atoms with van der Waals surface area (Å²) in [5.74, 6) is -0.498. The van der Waals surface area contributed by atoms with Crippen molar-refractivity contribution in [2.45, 2.75) is 45.8 Å². The monoisotopic (exact) mass is 283 g/mol. The normalized spacial score (nSPS) is 24.1. The minimum atomic E-state index is -0.350. The summed E-state index contributed by atoms with van der Waals surface area (Å²) < 4.78 is 33.6. The first-order chi connectivity index (χ1) is 9.52. The van der Waals surface area contributed by atoms with Crippen molar-refractivity contribution < 1.29 is 13.5 Å². The Morgan fingerprint density at radius 1 is 1.35 bits per heavy atom. The first kappa shape index (κ1) is 15.4. The lowest BCUT2D eigenvalue weighted by Gasteiger charge is -2.25. The predicted molar refractivity (Wildman–Crippen MR) is 75.7 cm³/mol. The van der Waals surface area contributed by atoms with E-state index in [2.05, 4.69) is 12.2 Å². The molecule has 3 unspecified atom stereocenters. The standard InChI is InChI=1S/C16H23F2NO/c1-4-5-19-16(12-7-11(3)20-9-12)13-8-14(17)10(2)6-15(13)18/h6,8,11-12,16,19H,4-5,7,9H2,1-3H3. The molecule has 1 aliphatic heterocycles. The van der Waals surface area contributed by atoms with Crippen LogP contribution in [0.1, 0.15) is 43.9 Å². The molecule has 0 aromatic heterocycles. The van der Waals surface area contributed by atoms with Crippen molar-refractivity contribution in [3.05, 3.63) is 34.9 Å². The van der Waals surface area contributed by atoms with E-state index >= 15 is 0 Å². The van der Waals surface area contributed by atoms with E-state index in [1.807, 2.05) is 6.92 Å². The molecule has 1 aliphatic rings. The molecule has 112 valence electrons. The summed E-state index contributed by atoms with van der Waals surface area (Å²) in [6, 6.07) is 2.43. The molecule has 0 aliphatic carbocycles. The van der Waals surface area contributed by atoms with Gasteiger partial charge < -0.3 is 10.1 Å². The topological polar surface area (TPSA) is 21.3 Å². The van der Waals surface area contributed by atoms with Crippen molar-refractivity contribution in [2.75, 3.05) is 13.2 Å². The van der Waals surface area contributed by atoms with Gasteiger partial charge in [-0.15, -0.1) is 0 Å². The second-order valence-corrected chi connectivity index (χ2v) is 5.69. The Labute approximate surface area is 119 Å². The second kappa shape index (κ2) is 6.64. The minimum absolute atomic E-state index is 0.185. The molecule has 1 N–H and O–H groups in total. The number of ether oxygens (including phenoxy) is 1. The molecule has 1 aromatic carbocycles. The van der Waals surface area contributed by atoms with Crippen LogP contribution < -0.4 is 5.32 Å². The molecule has 20 heavy (non-hydrogen) atoms. The van der Waals surface area contributed by atoms with E-state index in [-0.39, 0.29) is 29.7 Å². The predicted octanol–water partition coefficient (Wildman–Crippen LogP) is 3.74. The Bertz CT molecular complexity index is 464. The van der Waals surface area contributed by atoms with Gasteiger partial charge in [-0.05, 0) is 50.9 Å². The number of benzene rings is 1. The number of hydrogen-bond donors (Lipinski definition) is 1. The van der Waals surface area contributed by atoms with Gasteiger partial charge in [-0.3, -0.25) is 0 Å². The van der Waals surface area contributed by atoms with Crippen LogP contribution in [0.4, 0.5) is 8.78 Å². The van der Waals surface area contributed by atoms with Gasteiger partial charge >= 0.3 is 0 Å². The maximum atomic E-state index is 14.2. The molecule has 3 atom stereocenters. The van der Waals surface area contributed by atoms with Crippen LogP contribution in [0.15, 0.2) is 12.1 Å². The van der Waals surface area contributed by atoms with E-state index in [9.17, 15) is 8.78 Å². The Morgan fingerprint density at radius 2 is 2.10 bits per heavy atom. The van der Waals surface area contributed by atoms with Crippen molar-refractivity contribution in [1.29, 1.82) is 0 Å². The van der Waals surface area contributed by atoms with Gasteiger partial charge in [-0.2, -0.15) is 0 Å². The zero-order valence-corrected chi connectivity index (χ0v) is 12.4. The second-order valence-electron chi connectivity index (χ2n) is 5.69. The van der Waals surface area contributed by atoms with Gasteiger partial charge in [-0.25, -0.2) is 8.78 Å². The smallest absolute Gasteiger partial charge is 0.128 e.